The number of hydrogen-bond donors (Lipinski definition) is 2. The maximum Gasteiger partial charge on any atom is 0.147 e. The van der Waals surface area contributed by atoms with Crippen LogP contribution in [0.3, 0.4) is 0 Å². The zero-order chi connectivity index (χ0) is 14.0. The quantitative estimate of drug-likeness (QED) is 0.636. The fourth-order valence-electron chi connectivity index (χ4n) is 1.52. The van der Waals surface area contributed by atoms with Crippen molar-refractivity contribution in [2.45, 2.75) is 0 Å². The van der Waals surface area contributed by atoms with Gasteiger partial charge >= 0.3 is 0 Å². The lowest BCUT2D eigenvalue weighted by Crippen LogP contribution is -2.13. The minimum Gasteiger partial charge on any atom is -0.455 e. The highest BCUT2D eigenvalue weighted by Crippen LogP contribution is 2.35. The second-order valence-electron chi connectivity index (χ2n) is 3.70. The summed E-state index contributed by atoms with van der Waals surface area (Å²) in [7, 11) is 0. The fraction of sp³-hybridized carbons (Fsp3) is 0. The van der Waals surface area contributed by atoms with Gasteiger partial charge in [-0.25, -0.2) is 0 Å². The number of rotatable bonds is 3. The highest BCUT2D eigenvalue weighted by molar-refractivity contribution is 6.35. The summed E-state index contributed by atoms with van der Waals surface area (Å²) < 4.78 is 5.64. The van der Waals surface area contributed by atoms with Gasteiger partial charge in [-0.2, -0.15) is 0 Å². The summed E-state index contributed by atoms with van der Waals surface area (Å²) >= 11 is 17.9. The second-order valence-corrected chi connectivity index (χ2v) is 4.95. The van der Waals surface area contributed by atoms with Crippen LogP contribution in [0.5, 0.6) is 11.5 Å². The number of benzene rings is 2. The Labute approximate surface area is 125 Å². The molecule has 0 aromatic heterocycles. The van der Waals surface area contributed by atoms with E-state index in [1.54, 1.807) is 36.4 Å². The molecule has 3 N–H and O–H groups in total. The Bertz CT molecular complexity index is 644. The van der Waals surface area contributed by atoms with Crippen LogP contribution in [-0.4, -0.2) is 5.84 Å². The molecule has 2 aromatic carbocycles. The Morgan fingerprint density at radius 3 is 2.42 bits per heavy atom. The third kappa shape index (κ3) is 3.13. The zero-order valence-corrected chi connectivity index (χ0v) is 11.9. The Morgan fingerprint density at radius 2 is 1.74 bits per heavy atom. The fourth-order valence-corrected chi connectivity index (χ4v) is 2.11. The van der Waals surface area contributed by atoms with Gasteiger partial charge in [-0.15, -0.1) is 0 Å². The molecule has 0 aliphatic rings. The number of ether oxygens (including phenoxy) is 1. The number of halogens is 3. The van der Waals surface area contributed by atoms with Crippen LogP contribution >= 0.6 is 34.8 Å². The van der Waals surface area contributed by atoms with Crippen LogP contribution in [0.1, 0.15) is 5.56 Å². The largest absolute Gasteiger partial charge is 0.455 e. The van der Waals surface area contributed by atoms with Crippen LogP contribution in [0.25, 0.3) is 0 Å². The lowest BCUT2D eigenvalue weighted by atomic mass is 10.2. The van der Waals surface area contributed by atoms with Crippen molar-refractivity contribution >= 4 is 40.6 Å². The van der Waals surface area contributed by atoms with Crippen molar-refractivity contribution in [2.75, 3.05) is 0 Å². The molecule has 0 spiro atoms. The predicted molar refractivity (Wildman–Crippen MR) is 79.0 cm³/mol. The summed E-state index contributed by atoms with van der Waals surface area (Å²) in [5.41, 5.74) is 5.82. The molecular weight excluding hydrogens is 307 g/mol. The molecule has 2 aromatic rings. The van der Waals surface area contributed by atoms with Gasteiger partial charge in [-0.1, -0.05) is 40.9 Å². The number of nitrogens with one attached hydrogen (secondary N) is 1. The summed E-state index contributed by atoms with van der Waals surface area (Å²) in [4.78, 5) is 0. The smallest absolute Gasteiger partial charge is 0.147 e. The SMILES string of the molecule is N=C(N)c1c(Cl)cccc1Oc1cc(Cl)ccc1Cl. The summed E-state index contributed by atoms with van der Waals surface area (Å²) in [6.45, 7) is 0. The van der Waals surface area contributed by atoms with Crippen molar-refractivity contribution in [1.82, 2.24) is 0 Å². The number of amidine groups is 1. The first-order valence-corrected chi connectivity index (χ1v) is 6.38. The third-order valence-corrected chi connectivity index (χ3v) is 3.22. The predicted octanol–water partition coefficient (Wildman–Crippen LogP) is 4.72. The van der Waals surface area contributed by atoms with E-state index < -0.39 is 0 Å². The Hall–Kier alpha value is -1.42. The minimum atomic E-state index is -0.182. The topological polar surface area (TPSA) is 59.1 Å². The standard InChI is InChI=1S/C13H9Cl3N2O/c14-7-4-5-8(15)11(6-7)19-10-3-1-2-9(16)12(10)13(17)18/h1-6H,(H3,17,18). The monoisotopic (exact) mass is 314 g/mol. The number of hydrogen-bond acceptors (Lipinski definition) is 2. The van der Waals surface area contributed by atoms with E-state index in [4.69, 9.17) is 50.7 Å². The molecule has 2 rings (SSSR count). The molecule has 0 unspecified atom stereocenters. The van der Waals surface area contributed by atoms with Crippen LogP contribution in [0.4, 0.5) is 0 Å². The normalized spacial score (nSPS) is 10.3. The van der Waals surface area contributed by atoms with E-state index >= 15 is 0 Å². The van der Waals surface area contributed by atoms with Crippen LogP contribution in [0.2, 0.25) is 15.1 Å². The van der Waals surface area contributed by atoms with Crippen molar-refractivity contribution in [3.05, 3.63) is 57.0 Å². The molecular formula is C13H9Cl3N2O. The molecule has 0 saturated carbocycles. The molecule has 19 heavy (non-hydrogen) atoms. The van der Waals surface area contributed by atoms with E-state index in [0.29, 0.717) is 32.1 Å². The average Bonchev–Trinajstić information content (AvgIpc) is 2.33. The van der Waals surface area contributed by atoms with E-state index in [-0.39, 0.29) is 5.84 Å². The van der Waals surface area contributed by atoms with Crippen LogP contribution in [0, 0.1) is 5.41 Å². The van der Waals surface area contributed by atoms with E-state index in [1.807, 2.05) is 0 Å². The van der Waals surface area contributed by atoms with Gasteiger partial charge in [0, 0.05) is 11.1 Å². The molecule has 0 bridgehead atoms. The van der Waals surface area contributed by atoms with E-state index in [2.05, 4.69) is 0 Å². The Morgan fingerprint density at radius 1 is 1.00 bits per heavy atom. The zero-order valence-electron chi connectivity index (χ0n) is 9.58. The van der Waals surface area contributed by atoms with Crippen LogP contribution in [-0.2, 0) is 0 Å². The lowest BCUT2D eigenvalue weighted by Gasteiger charge is -2.12. The molecule has 0 amide bonds. The molecule has 0 radical (unpaired) electrons. The van der Waals surface area contributed by atoms with E-state index in [9.17, 15) is 0 Å². The summed E-state index contributed by atoms with van der Waals surface area (Å²) in [6, 6.07) is 9.83. The van der Waals surface area contributed by atoms with Crippen LogP contribution < -0.4 is 10.5 Å². The van der Waals surface area contributed by atoms with Crippen LogP contribution in [0.15, 0.2) is 36.4 Å². The van der Waals surface area contributed by atoms with E-state index in [1.165, 1.54) is 0 Å². The highest BCUT2D eigenvalue weighted by Gasteiger charge is 2.13. The molecule has 3 nitrogen and oxygen atoms in total. The second kappa shape index (κ2) is 5.70. The van der Waals surface area contributed by atoms with E-state index in [0.717, 1.165) is 0 Å². The molecule has 0 atom stereocenters. The van der Waals surface area contributed by atoms with Gasteiger partial charge in [0.25, 0.3) is 0 Å². The van der Waals surface area contributed by atoms with Crippen molar-refractivity contribution < 1.29 is 4.74 Å². The number of nitrogen functional groups attached to an aromatic ring is 1. The van der Waals surface area contributed by atoms with Crippen molar-refractivity contribution in [1.29, 1.82) is 5.41 Å². The maximum absolute atomic E-state index is 7.53. The first-order chi connectivity index (χ1) is 8.99. The number of nitrogens with two attached hydrogens (primary N) is 1. The average molecular weight is 316 g/mol. The molecule has 0 fully saturated rings. The molecule has 0 aliphatic heterocycles. The van der Waals surface area contributed by atoms with Crippen molar-refractivity contribution in [3.63, 3.8) is 0 Å². The van der Waals surface area contributed by atoms with Gasteiger partial charge in [0.1, 0.15) is 17.3 Å². The summed E-state index contributed by atoms with van der Waals surface area (Å²) in [5, 5.41) is 8.76. The maximum atomic E-state index is 7.53. The summed E-state index contributed by atoms with van der Waals surface area (Å²) in [6.07, 6.45) is 0. The van der Waals surface area contributed by atoms with Gasteiger partial charge in [0.05, 0.1) is 15.6 Å². The Balaban J connectivity index is 2.46. The van der Waals surface area contributed by atoms with Crippen molar-refractivity contribution in [3.8, 4) is 11.5 Å². The molecule has 0 saturated heterocycles. The first kappa shape index (κ1) is 14.0. The van der Waals surface area contributed by atoms with Gasteiger partial charge < -0.3 is 10.5 Å². The third-order valence-electron chi connectivity index (χ3n) is 2.36. The minimum absolute atomic E-state index is 0.182. The van der Waals surface area contributed by atoms with Gasteiger partial charge in [0.2, 0.25) is 0 Å². The lowest BCUT2D eigenvalue weighted by molar-refractivity contribution is 0.482. The van der Waals surface area contributed by atoms with Gasteiger partial charge in [-0.05, 0) is 24.3 Å². The summed E-state index contributed by atoms with van der Waals surface area (Å²) in [5.74, 6) is 0.543. The molecule has 6 heteroatoms. The van der Waals surface area contributed by atoms with Gasteiger partial charge in [-0.3, -0.25) is 5.41 Å². The Kier molecular flexibility index (Phi) is 4.20. The van der Waals surface area contributed by atoms with Gasteiger partial charge in [0.15, 0.2) is 0 Å². The molecule has 0 aliphatic carbocycles. The molecule has 98 valence electrons. The first-order valence-electron chi connectivity index (χ1n) is 5.25. The molecule has 0 heterocycles. The van der Waals surface area contributed by atoms with Crippen molar-refractivity contribution in [2.24, 2.45) is 5.73 Å². The highest BCUT2D eigenvalue weighted by atomic mass is 35.5.